The second-order valence-electron chi connectivity index (χ2n) is 10.9. The van der Waals surface area contributed by atoms with Crippen LogP contribution in [0.2, 0.25) is 0 Å². The van der Waals surface area contributed by atoms with E-state index in [1.165, 1.54) is 0 Å². The van der Waals surface area contributed by atoms with Gasteiger partial charge in [-0.05, 0) is 48.4 Å². The molecule has 0 saturated carbocycles. The van der Waals surface area contributed by atoms with E-state index >= 15 is 0 Å². The molecule has 9 nitrogen and oxygen atoms in total. The number of hydroxylamine groups is 2. The fraction of sp³-hybridized carbons (Fsp3) is 0.250. The summed E-state index contributed by atoms with van der Waals surface area (Å²) in [5.41, 5.74) is 1.99. The fourth-order valence-corrected chi connectivity index (χ4v) is 5.52. The number of hydrogen-bond donors (Lipinski definition) is 0. The molecule has 230 valence electrons. The van der Waals surface area contributed by atoms with Crippen LogP contribution in [0.3, 0.4) is 0 Å². The van der Waals surface area contributed by atoms with Crippen LogP contribution in [0.5, 0.6) is 0 Å². The van der Waals surface area contributed by atoms with Crippen LogP contribution in [0.1, 0.15) is 43.1 Å². The Balaban J connectivity index is 1.29. The van der Waals surface area contributed by atoms with Crippen LogP contribution in [0.15, 0.2) is 121 Å². The minimum absolute atomic E-state index is 0.0561. The standard InChI is InChI=1S/C36H33NO8/c38-34(26-15-7-2-8-16-26)42-31-22-37-29(24-41-23-25-13-5-1-6-14-25)21-30(45-37)32(43-35(39)27-17-9-3-10-18-27)33(31)44-36(40)28-19-11-4-12-20-28/h1-20,29-33H,21-24H2/t29-,30-,31-,32+,33+/m0/s1. The Morgan fingerprint density at radius 1 is 0.622 bits per heavy atom. The largest absolute Gasteiger partial charge is 0.453 e. The molecule has 6 rings (SSSR count). The highest BCUT2D eigenvalue weighted by Gasteiger charge is 2.53. The first-order chi connectivity index (χ1) is 22.0. The van der Waals surface area contributed by atoms with Crippen LogP contribution >= 0.6 is 0 Å². The quantitative estimate of drug-likeness (QED) is 0.176. The highest BCUT2D eigenvalue weighted by atomic mass is 16.7. The smallest absolute Gasteiger partial charge is 0.338 e. The molecule has 6 atom stereocenters. The van der Waals surface area contributed by atoms with Gasteiger partial charge >= 0.3 is 17.9 Å². The van der Waals surface area contributed by atoms with Gasteiger partial charge < -0.3 is 18.9 Å². The molecule has 4 aromatic carbocycles. The van der Waals surface area contributed by atoms with Gasteiger partial charge in [0.1, 0.15) is 6.10 Å². The van der Waals surface area contributed by atoms with Crippen LogP contribution in [0.4, 0.5) is 0 Å². The number of carbonyl (C=O) groups is 3. The summed E-state index contributed by atoms with van der Waals surface area (Å²) in [6, 6.07) is 35.1. The van der Waals surface area contributed by atoms with E-state index in [0.717, 1.165) is 5.56 Å². The molecule has 2 aliphatic heterocycles. The van der Waals surface area contributed by atoms with E-state index in [0.29, 0.717) is 36.3 Å². The summed E-state index contributed by atoms with van der Waals surface area (Å²) < 4.78 is 24.2. The average Bonchev–Trinajstić information content (AvgIpc) is 3.43. The molecule has 2 aliphatic rings. The molecule has 9 heteroatoms. The van der Waals surface area contributed by atoms with Gasteiger partial charge in [0.25, 0.3) is 0 Å². The number of ether oxygens (including phenoxy) is 4. The third-order valence-corrected chi connectivity index (χ3v) is 7.79. The van der Waals surface area contributed by atoms with Gasteiger partial charge in [0.2, 0.25) is 0 Å². The summed E-state index contributed by atoms with van der Waals surface area (Å²) in [5, 5.41) is 1.69. The zero-order valence-electron chi connectivity index (χ0n) is 24.5. The van der Waals surface area contributed by atoms with Crippen LogP contribution < -0.4 is 0 Å². The van der Waals surface area contributed by atoms with E-state index in [1.807, 2.05) is 30.3 Å². The first-order valence-corrected chi connectivity index (χ1v) is 14.9. The maximum Gasteiger partial charge on any atom is 0.338 e. The maximum absolute atomic E-state index is 13.4. The van der Waals surface area contributed by atoms with Crippen molar-refractivity contribution >= 4 is 17.9 Å². The molecule has 0 amide bonds. The number of carbonyl (C=O) groups excluding carboxylic acids is 3. The topological polar surface area (TPSA) is 101 Å². The zero-order chi connectivity index (χ0) is 31.0. The molecule has 0 aliphatic carbocycles. The first-order valence-electron chi connectivity index (χ1n) is 14.9. The van der Waals surface area contributed by atoms with Gasteiger partial charge in [-0.15, -0.1) is 0 Å². The minimum Gasteiger partial charge on any atom is -0.453 e. The molecule has 45 heavy (non-hydrogen) atoms. The number of esters is 3. The van der Waals surface area contributed by atoms with Crippen molar-refractivity contribution in [3.8, 4) is 0 Å². The monoisotopic (exact) mass is 607 g/mol. The predicted octanol–water partition coefficient (Wildman–Crippen LogP) is 5.27. The molecule has 2 fully saturated rings. The molecule has 0 spiro atoms. The molecule has 2 heterocycles. The molecule has 0 N–H and O–H groups in total. The van der Waals surface area contributed by atoms with Crippen LogP contribution in [-0.4, -0.2) is 66.6 Å². The molecule has 0 radical (unpaired) electrons. The SMILES string of the molecule is O=C(O[C@H]1[C@H](OC(=O)c2ccccc2)[C@@H]2C[C@@H](COCc3ccccc3)N(C[C@@H]1OC(=O)c1ccccc1)O2)c1ccccc1. The number of fused-ring (bicyclic) bond motifs is 2. The lowest BCUT2D eigenvalue weighted by molar-refractivity contribution is -0.183. The van der Waals surface area contributed by atoms with Crippen molar-refractivity contribution in [3.05, 3.63) is 144 Å². The van der Waals surface area contributed by atoms with Crippen LogP contribution in [0.25, 0.3) is 0 Å². The van der Waals surface area contributed by atoms with Gasteiger partial charge in [-0.1, -0.05) is 84.9 Å². The lowest BCUT2D eigenvalue weighted by Crippen LogP contribution is -2.53. The molecule has 4 aromatic rings. The van der Waals surface area contributed by atoms with Crippen molar-refractivity contribution in [2.75, 3.05) is 13.2 Å². The van der Waals surface area contributed by atoms with Crippen LogP contribution in [-0.2, 0) is 30.4 Å². The molecule has 0 aromatic heterocycles. The van der Waals surface area contributed by atoms with Crippen molar-refractivity contribution in [1.29, 1.82) is 0 Å². The Morgan fingerprint density at radius 2 is 1.09 bits per heavy atom. The third-order valence-electron chi connectivity index (χ3n) is 7.79. The summed E-state index contributed by atoms with van der Waals surface area (Å²) in [4.78, 5) is 46.4. The highest BCUT2D eigenvalue weighted by molar-refractivity contribution is 5.91. The summed E-state index contributed by atoms with van der Waals surface area (Å²) in [7, 11) is 0. The van der Waals surface area contributed by atoms with Gasteiger partial charge in [-0.25, -0.2) is 14.4 Å². The fourth-order valence-electron chi connectivity index (χ4n) is 5.52. The Labute approximate surface area is 261 Å². The average molecular weight is 608 g/mol. The minimum atomic E-state index is -1.17. The molecular weight excluding hydrogens is 574 g/mol. The number of hydrogen-bond acceptors (Lipinski definition) is 9. The highest BCUT2D eigenvalue weighted by Crippen LogP contribution is 2.35. The van der Waals surface area contributed by atoms with Gasteiger partial charge in [-0.2, -0.15) is 5.06 Å². The Bertz CT molecular complexity index is 1570. The first kappa shape index (κ1) is 30.2. The maximum atomic E-state index is 13.4. The lowest BCUT2D eigenvalue weighted by atomic mass is 9.95. The summed E-state index contributed by atoms with van der Waals surface area (Å²) in [5.74, 6) is -1.86. The molecule has 1 unspecified atom stereocenters. The normalized spacial score (nSPS) is 23.8. The molecule has 2 saturated heterocycles. The van der Waals surface area contributed by atoms with Crippen molar-refractivity contribution in [2.24, 2.45) is 0 Å². The Hall–Kier alpha value is -4.83. The van der Waals surface area contributed by atoms with Gasteiger partial charge in [0.05, 0.1) is 42.5 Å². The van der Waals surface area contributed by atoms with Crippen molar-refractivity contribution in [3.63, 3.8) is 0 Å². The van der Waals surface area contributed by atoms with Gasteiger partial charge in [0, 0.05) is 0 Å². The van der Waals surface area contributed by atoms with Crippen molar-refractivity contribution in [2.45, 2.75) is 43.5 Å². The number of nitrogens with zero attached hydrogens (tertiary/aromatic N) is 1. The molecular formula is C36H33NO8. The van der Waals surface area contributed by atoms with Crippen molar-refractivity contribution < 1.29 is 38.2 Å². The van der Waals surface area contributed by atoms with E-state index in [-0.39, 0.29) is 12.6 Å². The number of rotatable bonds is 10. The zero-order valence-corrected chi connectivity index (χ0v) is 24.5. The van der Waals surface area contributed by atoms with E-state index in [1.54, 1.807) is 96.1 Å². The van der Waals surface area contributed by atoms with Crippen molar-refractivity contribution in [1.82, 2.24) is 5.06 Å². The summed E-state index contributed by atoms with van der Waals surface area (Å²) in [6.45, 7) is 0.783. The second-order valence-corrected chi connectivity index (χ2v) is 10.9. The second kappa shape index (κ2) is 14.3. The van der Waals surface area contributed by atoms with E-state index in [4.69, 9.17) is 23.8 Å². The molecule has 2 bridgehead atoms. The van der Waals surface area contributed by atoms with Crippen LogP contribution in [0, 0.1) is 0 Å². The lowest BCUT2D eigenvalue weighted by Gasteiger charge is -2.34. The summed E-state index contributed by atoms with van der Waals surface area (Å²) >= 11 is 0. The van der Waals surface area contributed by atoms with E-state index in [9.17, 15) is 14.4 Å². The van der Waals surface area contributed by atoms with E-state index < -0.39 is 42.3 Å². The predicted molar refractivity (Wildman–Crippen MR) is 163 cm³/mol. The van der Waals surface area contributed by atoms with Gasteiger partial charge in [-0.3, -0.25) is 4.84 Å². The third kappa shape index (κ3) is 7.46. The Morgan fingerprint density at radius 3 is 1.62 bits per heavy atom. The Kier molecular flexibility index (Phi) is 9.60. The summed E-state index contributed by atoms with van der Waals surface area (Å²) in [6.07, 6.45) is -3.57. The van der Waals surface area contributed by atoms with Gasteiger partial charge in [0.15, 0.2) is 18.3 Å². The number of benzene rings is 4. The van der Waals surface area contributed by atoms with E-state index in [2.05, 4.69) is 0 Å².